The first kappa shape index (κ1) is 9.86. The second-order valence-corrected chi connectivity index (χ2v) is 1.82. The summed E-state index contributed by atoms with van der Waals surface area (Å²) in [7, 11) is 0. The van der Waals surface area contributed by atoms with E-state index < -0.39 is 5.91 Å². The number of nitrogens with one attached hydrogen (secondary N) is 1. The molecule has 0 aromatic rings. The molecule has 0 aromatic heterocycles. The molecule has 0 atom stereocenters. The van der Waals surface area contributed by atoms with Crippen LogP contribution in [0.15, 0.2) is 0 Å². The van der Waals surface area contributed by atoms with Crippen LogP contribution in [0.1, 0.15) is 6.42 Å². The number of hydroxylamine groups is 1. The number of carbonyl (C=O) groups excluding carboxylic acids is 2. The van der Waals surface area contributed by atoms with E-state index in [2.05, 4.69) is 4.84 Å². The molecule has 64 valence electrons. The lowest BCUT2D eigenvalue weighted by molar-refractivity contribution is -0.137. The quantitative estimate of drug-likeness (QED) is 0.400. The van der Waals surface area contributed by atoms with Crippen molar-refractivity contribution in [1.29, 1.82) is 0 Å². The Hall–Kier alpha value is -1.14. The molecule has 5 N–H and O–H groups in total. The Kier molecular flexibility index (Phi) is 5.05. The van der Waals surface area contributed by atoms with Gasteiger partial charge >= 0.3 is 0 Å². The Morgan fingerprint density at radius 3 is 2.55 bits per heavy atom. The Morgan fingerprint density at radius 2 is 2.09 bits per heavy atom. The van der Waals surface area contributed by atoms with Crippen molar-refractivity contribution in [3.05, 3.63) is 0 Å². The lowest BCUT2D eigenvalue weighted by atomic mass is 10.4. The first-order chi connectivity index (χ1) is 5.16. The average Bonchev–Trinajstić information content (AvgIpc) is 1.87. The SMILES string of the molecule is NCCC(=O)NOCC(N)=O. The van der Waals surface area contributed by atoms with Crippen molar-refractivity contribution in [2.24, 2.45) is 11.5 Å². The number of hydrogen-bond donors (Lipinski definition) is 3. The van der Waals surface area contributed by atoms with Gasteiger partial charge in [0.15, 0.2) is 6.61 Å². The van der Waals surface area contributed by atoms with Crippen molar-refractivity contribution >= 4 is 11.8 Å². The molecule has 0 radical (unpaired) electrons. The van der Waals surface area contributed by atoms with E-state index in [0.717, 1.165) is 0 Å². The molecule has 0 fully saturated rings. The Balaban J connectivity index is 3.24. The highest BCUT2D eigenvalue weighted by Gasteiger charge is 1.99. The van der Waals surface area contributed by atoms with Crippen LogP contribution in [0, 0.1) is 0 Å². The summed E-state index contributed by atoms with van der Waals surface area (Å²) in [6, 6.07) is 0. The molecule has 0 saturated heterocycles. The highest BCUT2D eigenvalue weighted by molar-refractivity contribution is 5.76. The summed E-state index contributed by atoms with van der Waals surface area (Å²) in [5.74, 6) is -1.01. The molecule has 0 aliphatic heterocycles. The maximum atomic E-state index is 10.6. The van der Waals surface area contributed by atoms with Crippen LogP contribution in [0.4, 0.5) is 0 Å². The van der Waals surface area contributed by atoms with Gasteiger partial charge in [0.25, 0.3) is 0 Å². The Bertz CT molecular complexity index is 148. The largest absolute Gasteiger partial charge is 0.368 e. The highest BCUT2D eigenvalue weighted by Crippen LogP contribution is 1.74. The van der Waals surface area contributed by atoms with E-state index in [1.54, 1.807) is 0 Å². The van der Waals surface area contributed by atoms with Gasteiger partial charge in [0.1, 0.15) is 0 Å². The van der Waals surface area contributed by atoms with Crippen LogP contribution in [-0.2, 0) is 14.4 Å². The minimum atomic E-state index is -0.641. The molecule has 0 unspecified atom stereocenters. The first-order valence-corrected chi connectivity index (χ1v) is 3.06. The summed E-state index contributed by atoms with van der Waals surface area (Å²) >= 11 is 0. The molecule has 0 heterocycles. The average molecular weight is 161 g/mol. The summed E-state index contributed by atoms with van der Waals surface area (Å²) in [6.45, 7) is -0.0813. The van der Waals surface area contributed by atoms with E-state index in [-0.39, 0.29) is 25.5 Å². The molecule has 0 bridgehead atoms. The second kappa shape index (κ2) is 5.63. The normalized spacial score (nSPS) is 9.18. The highest BCUT2D eigenvalue weighted by atomic mass is 16.7. The van der Waals surface area contributed by atoms with E-state index in [0.29, 0.717) is 0 Å². The summed E-state index contributed by atoms with van der Waals surface area (Å²) in [5, 5.41) is 0. The molecular formula is C5H11N3O3. The summed E-state index contributed by atoms with van der Waals surface area (Å²) in [6.07, 6.45) is 0.165. The van der Waals surface area contributed by atoms with Crippen molar-refractivity contribution < 1.29 is 14.4 Å². The van der Waals surface area contributed by atoms with Gasteiger partial charge < -0.3 is 11.5 Å². The standard InChI is InChI=1S/C5H11N3O3/c6-2-1-5(10)8-11-3-4(7)9/h1-3,6H2,(H2,7,9)(H,8,10). The van der Waals surface area contributed by atoms with Gasteiger partial charge in [-0.15, -0.1) is 0 Å². The molecule has 0 saturated carbocycles. The second-order valence-electron chi connectivity index (χ2n) is 1.82. The topological polar surface area (TPSA) is 107 Å². The number of nitrogens with two attached hydrogens (primary N) is 2. The summed E-state index contributed by atoms with van der Waals surface area (Å²) in [4.78, 5) is 25.0. The summed E-state index contributed by atoms with van der Waals surface area (Å²) < 4.78 is 0. The van der Waals surface area contributed by atoms with Crippen LogP contribution < -0.4 is 16.9 Å². The third-order valence-corrected chi connectivity index (χ3v) is 0.772. The van der Waals surface area contributed by atoms with Crippen molar-refractivity contribution in [2.75, 3.05) is 13.2 Å². The Labute approximate surface area is 63.8 Å². The zero-order valence-electron chi connectivity index (χ0n) is 6.00. The lowest BCUT2D eigenvalue weighted by Gasteiger charge is -2.01. The first-order valence-electron chi connectivity index (χ1n) is 3.06. The molecule has 0 spiro atoms. The Morgan fingerprint density at radius 1 is 1.45 bits per heavy atom. The fourth-order valence-electron chi connectivity index (χ4n) is 0.370. The minimum Gasteiger partial charge on any atom is -0.368 e. The summed E-state index contributed by atoms with van der Waals surface area (Å²) in [5.41, 5.74) is 11.8. The number of rotatable bonds is 5. The smallest absolute Gasteiger partial charge is 0.246 e. The van der Waals surface area contributed by atoms with Crippen molar-refractivity contribution in [2.45, 2.75) is 6.42 Å². The van der Waals surface area contributed by atoms with Gasteiger partial charge in [-0.25, -0.2) is 5.48 Å². The van der Waals surface area contributed by atoms with Crippen LogP contribution in [-0.4, -0.2) is 25.0 Å². The zero-order valence-corrected chi connectivity index (χ0v) is 6.00. The monoisotopic (exact) mass is 161 g/mol. The van der Waals surface area contributed by atoms with E-state index in [9.17, 15) is 9.59 Å². The van der Waals surface area contributed by atoms with Crippen molar-refractivity contribution in [3.8, 4) is 0 Å². The van der Waals surface area contributed by atoms with Crippen LogP contribution in [0.5, 0.6) is 0 Å². The van der Waals surface area contributed by atoms with E-state index in [4.69, 9.17) is 11.5 Å². The van der Waals surface area contributed by atoms with Gasteiger partial charge in [0.05, 0.1) is 0 Å². The molecule has 6 nitrogen and oxygen atoms in total. The third-order valence-electron chi connectivity index (χ3n) is 0.772. The number of hydrogen-bond acceptors (Lipinski definition) is 4. The molecule has 0 aliphatic rings. The van der Waals surface area contributed by atoms with Gasteiger partial charge in [-0.1, -0.05) is 0 Å². The van der Waals surface area contributed by atoms with Crippen molar-refractivity contribution in [3.63, 3.8) is 0 Å². The molecule has 0 aromatic carbocycles. The minimum absolute atomic E-state index is 0.165. The van der Waals surface area contributed by atoms with Gasteiger partial charge in [-0.2, -0.15) is 0 Å². The van der Waals surface area contributed by atoms with Gasteiger partial charge in [-0.05, 0) is 0 Å². The van der Waals surface area contributed by atoms with Gasteiger partial charge in [0.2, 0.25) is 11.8 Å². The van der Waals surface area contributed by atoms with Crippen LogP contribution >= 0.6 is 0 Å². The molecule has 11 heavy (non-hydrogen) atoms. The van der Waals surface area contributed by atoms with Crippen LogP contribution in [0.2, 0.25) is 0 Å². The number of amides is 2. The number of primary amides is 1. The van der Waals surface area contributed by atoms with E-state index in [1.807, 2.05) is 5.48 Å². The fraction of sp³-hybridized carbons (Fsp3) is 0.600. The molecule has 2 amide bonds. The molecule has 0 rings (SSSR count). The van der Waals surface area contributed by atoms with Crippen LogP contribution in [0.25, 0.3) is 0 Å². The molecule has 6 heteroatoms. The maximum Gasteiger partial charge on any atom is 0.246 e. The van der Waals surface area contributed by atoms with E-state index >= 15 is 0 Å². The predicted octanol–water partition coefficient (Wildman–Crippen LogP) is -2.13. The fourth-order valence-corrected chi connectivity index (χ4v) is 0.370. The van der Waals surface area contributed by atoms with Crippen LogP contribution in [0.3, 0.4) is 0 Å². The number of carbonyl (C=O) groups is 2. The van der Waals surface area contributed by atoms with Gasteiger partial charge in [-0.3, -0.25) is 14.4 Å². The lowest BCUT2D eigenvalue weighted by Crippen LogP contribution is -2.30. The molecular weight excluding hydrogens is 150 g/mol. The van der Waals surface area contributed by atoms with Crippen molar-refractivity contribution in [1.82, 2.24) is 5.48 Å². The zero-order chi connectivity index (χ0) is 8.69. The predicted molar refractivity (Wildman–Crippen MR) is 37.0 cm³/mol. The molecule has 0 aliphatic carbocycles. The van der Waals surface area contributed by atoms with Gasteiger partial charge in [0, 0.05) is 13.0 Å². The maximum absolute atomic E-state index is 10.6. The van der Waals surface area contributed by atoms with E-state index in [1.165, 1.54) is 0 Å². The third kappa shape index (κ3) is 6.75.